The minimum Gasteiger partial charge on any atom is -0.493 e. The lowest BCUT2D eigenvalue weighted by Gasteiger charge is -2.39. The van der Waals surface area contributed by atoms with Gasteiger partial charge in [-0.05, 0) is 42.3 Å². The first-order valence-corrected chi connectivity index (χ1v) is 10.3. The summed E-state index contributed by atoms with van der Waals surface area (Å²) in [5.41, 5.74) is 3.87. The maximum Gasteiger partial charge on any atom is 0.161 e. The molecule has 6 nitrogen and oxygen atoms in total. The molecule has 0 spiro atoms. The number of rotatable bonds is 7. The van der Waals surface area contributed by atoms with Crippen molar-refractivity contribution in [2.24, 2.45) is 0 Å². The van der Waals surface area contributed by atoms with Gasteiger partial charge in [0.25, 0.3) is 0 Å². The maximum atomic E-state index is 9.01. The van der Waals surface area contributed by atoms with Crippen molar-refractivity contribution in [2.75, 3.05) is 55.2 Å². The third kappa shape index (κ3) is 6.03. The molecule has 0 amide bonds. The van der Waals surface area contributed by atoms with E-state index in [1.807, 2.05) is 25.1 Å². The molecule has 0 saturated heterocycles. The molecule has 0 fully saturated rings. The molecular weight excluding hydrogens is 382 g/mol. The van der Waals surface area contributed by atoms with Crippen LogP contribution in [0.25, 0.3) is 0 Å². The zero-order valence-electron chi connectivity index (χ0n) is 19.2. The number of likely N-dealkylation sites (N-methyl/N-ethyl adjacent to an activating group) is 1. The van der Waals surface area contributed by atoms with Gasteiger partial charge < -0.3 is 28.5 Å². The Kier molecular flexibility index (Phi) is 8.81. The van der Waals surface area contributed by atoms with Gasteiger partial charge >= 0.3 is 0 Å². The van der Waals surface area contributed by atoms with Crippen LogP contribution in [0.2, 0.25) is 0 Å². The Morgan fingerprint density at radius 2 is 1.40 bits per heavy atom. The maximum absolute atomic E-state index is 9.01. The van der Waals surface area contributed by atoms with Crippen molar-refractivity contribution in [3.63, 3.8) is 0 Å². The van der Waals surface area contributed by atoms with Crippen molar-refractivity contribution in [1.29, 1.82) is 0 Å². The molecule has 6 heteroatoms. The monoisotopic (exact) mass is 418 g/mol. The Bertz CT molecular complexity index is 823. The van der Waals surface area contributed by atoms with E-state index >= 15 is 0 Å². The van der Waals surface area contributed by atoms with E-state index in [1.54, 1.807) is 28.4 Å². The van der Waals surface area contributed by atoms with Gasteiger partial charge in [-0.25, -0.2) is 0 Å². The average Bonchev–Trinajstić information content (AvgIpc) is 2.77. The zero-order chi connectivity index (χ0) is 22.1. The fourth-order valence-electron chi connectivity index (χ4n) is 3.81. The van der Waals surface area contributed by atoms with Gasteiger partial charge in [0, 0.05) is 25.0 Å². The van der Waals surface area contributed by atoms with Crippen LogP contribution >= 0.6 is 0 Å². The summed E-state index contributed by atoms with van der Waals surface area (Å²) in [5.74, 6) is 3.18. The molecule has 0 saturated carbocycles. The zero-order valence-corrected chi connectivity index (χ0v) is 19.2. The molecule has 2 aromatic rings. The second kappa shape index (κ2) is 11.1. The molecular formula is C24H36NO5+. The Labute approximate surface area is 180 Å². The van der Waals surface area contributed by atoms with E-state index in [0.29, 0.717) is 0 Å². The van der Waals surface area contributed by atoms with Crippen molar-refractivity contribution in [3.8, 4) is 23.0 Å². The van der Waals surface area contributed by atoms with Crippen LogP contribution in [0.15, 0.2) is 30.3 Å². The number of hydrogen-bond acceptors (Lipinski definition) is 5. The van der Waals surface area contributed by atoms with Gasteiger partial charge in [-0.3, -0.25) is 0 Å². The number of fused-ring (bicyclic) bond motifs is 1. The number of quaternary nitrogens is 1. The van der Waals surface area contributed by atoms with Crippen LogP contribution in [-0.2, 0) is 13.0 Å². The first-order valence-electron chi connectivity index (χ1n) is 10.3. The summed E-state index contributed by atoms with van der Waals surface area (Å²) in [4.78, 5) is 0. The average molecular weight is 419 g/mol. The first kappa shape index (κ1) is 23.8. The molecule has 1 atom stereocenters. The van der Waals surface area contributed by atoms with Gasteiger partial charge in [-0.2, -0.15) is 0 Å². The number of ether oxygens (including phenoxy) is 4. The van der Waals surface area contributed by atoms with Gasteiger partial charge in [-0.15, -0.1) is 0 Å². The standard InChI is InChI=1S/C15H24NO3.C9H12O2/c1-16(6-4-8-17)7-5-12-9-14(18-2)15(19-3)10-13(12)11-16;1-7-4-5-8(10-2)9(6-7)11-3/h9-10,17H,4-8,11H2,1-3H3;4-6H,1-3H3/q+1;. The van der Waals surface area contributed by atoms with Crippen LogP contribution in [0.4, 0.5) is 0 Å². The summed E-state index contributed by atoms with van der Waals surface area (Å²) in [6, 6.07) is 10.0. The Hall–Kier alpha value is -2.44. The normalized spacial score (nSPS) is 17.3. The topological polar surface area (TPSA) is 57.2 Å². The number of aryl methyl sites for hydroxylation is 1. The lowest BCUT2D eigenvalue weighted by Crippen LogP contribution is -2.48. The lowest BCUT2D eigenvalue weighted by molar-refractivity contribution is -0.924. The van der Waals surface area contributed by atoms with E-state index in [0.717, 1.165) is 60.0 Å². The Balaban J connectivity index is 0.000000248. The minimum atomic E-state index is 0.270. The fourth-order valence-corrected chi connectivity index (χ4v) is 3.81. The van der Waals surface area contributed by atoms with E-state index in [9.17, 15) is 0 Å². The first-order chi connectivity index (χ1) is 14.4. The van der Waals surface area contributed by atoms with Crippen LogP contribution in [0, 0.1) is 6.92 Å². The second-order valence-electron chi connectivity index (χ2n) is 7.89. The predicted molar refractivity (Wildman–Crippen MR) is 119 cm³/mol. The SMILES string of the molecule is COc1cc2c(cc1OC)C[N+](C)(CCCO)CC2.COc1ccc(C)cc1OC. The molecule has 2 aromatic carbocycles. The molecule has 0 bridgehead atoms. The summed E-state index contributed by atoms with van der Waals surface area (Å²) in [7, 11) is 8.88. The van der Waals surface area contributed by atoms with E-state index in [2.05, 4.69) is 19.2 Å². The third-order valence-electron chi connectivity index (χ3n) is 5.57. The number of methoxy groups -OCH3 is 4. The van der Waals surface area contributed by atoms with Crippen molar-refractivity contribution in [1.82, 2.24) is 0 Å². The number of benzene rings is 2. The molecule has 1 unspecified atom stereocenters. The van der Waals surface area contributed by atoms with Gasteiger partial charge in [-0.1, -0.05) is 6.07 Å². The number of aliphatic hydroxyl groups excluding tert-OH is 1. The summed E-state index contributed by atoms with van der Waals surface area (Å²) in [5, 5.41) is 9.01. The van der Waals surface area contributed by atoms with Crippen molar-refractivity contribution in [2.45, 2.75) is 26.3 Å². The van der Waals surface area contributed by atoms with E-state index in [-0.39, 0.29) is 6.61 Å². The lowest BCUT2D eigenvalue weighted by atomic mass is 9.97. The smallest absolute Gasteiger partial charge is 0.161 e. The number of aliphatic hydroxyl groups is 1. The highest BCUT2D eigenvalue weighted by molar-refractivity contribution is 5.47. The largest absolute Gasteiger partial charge is 0.493 e. The molecule has 0 radical (unpaired) electrons. The van der Waals surface area contributed by atoms with Crippen LogP contribution in [0.5, 0.6) is 23.0 Å². The Morgan fingerprint density at radius 1 is 0.833 bits per heavy atom. The van der Waals surface area contributed by atoms with E-state index in [1.165, 1.54) is 16.7 Å². The quantitative estimate of drug-likeness (QED) is 0.697. The van der Waals surface area contributed by atoms with E-state index in [4.69, 9.17) is 24.1 Å². The van der Waals surface area contributed by atoms with Crippen LogP contribution < -0.4 is 18.9 Å². The van der Waals surface area contributed by atoms with Crippen molar-refractivity contribution in [3.05, 3.63) is 47.0 Å². The molecule has 1 N–H and O–H groups in total. The van der Waals surface area contributed by atoms with Crippen molar-refractivity contribution < 1.29 is 28.5 Å². The van der Waals surface area contributed by atoms with Crippen molar-refractivity contribution >= 4 is 0 Å². The van der Waals surface area contributed by atoms with Crippen LogP contribution in [0.3, 0.4) is 0 Å². The number of nitrogens with zero attached hydrogens (tertiary/aromatic N) is 1. The third-order valence-corrected chi connectivity index (χ3v) is 5.57. The van der Waals surface area contributed by atoms with Gasteiger partial charge in [0.15, 0.2) is 23.0 Å². The molecule has 1 heterocycles. The molecule has 30 heavy (non-hydrogen) atoms. The fraction of sp³-hybridized carbons (Fsp3) is 0.500. The molecule has 3 rings (SSSR count). The summed E-state index contributed by atoms with van der Waals surface area (Å²) in [6.07, 6.45) is 1.91. The molecule has 1 aliphatic heterocycles. The minimum absolute atomic E-state index is 0.270. The number of hydrogen-bond donors (Lipinski definition) is 1. The summed E-state index contributed by atoms with van der Waals surface area (Å²) >= 11 is 0. The van der Waals surface area contributed by atoms with Gasteiger partial charge in [0.1, 0.15) is 6.54 Å². The predicted octanol–water partition coefficient (Wildman–Crippen LogP) is 3.60. The molecule has 1 aliphatic rings. The summed E-state index contributed by atoms with van der Waals surface area (Å²) in [6.45, 7) is 5.41. The van der Waals surface area contributed by atoms with Crippen LogP contribution in [0.1, 0.15) is 23.1 Å². The highest BCUT2D eigenvalue weighted by Gasteiger charge is 2.29. The second-order valence-corrected chi connectivity index (χ2v) is 7.89. The highest BCUT2D eigenvalue weighted by Crippen LogP contribution is 2.34. The Morgan fingerprint density at radius 3 is 1.97 bits per heavy atom. The van der Waals surface area contributed by atoms with Gasteiger partial charge in [0.05, 0.1) is 48.6 Å². The highest BCUT2D eigenvalue weighted by atomic mass is 16.5. The van der Waals surface area contributed by atoms with Gasteiger partial charge in [0.2, 0.25) is 0 Å². The van der Waals surface area contributed by atoms with E-state index < -0.39 is 0 Å². The molecule has 0 aromatic heterocycles. The van der Waals surface area contributed by atoms with Crippen LogP contribution in [-0.4, -0.2) is 64.8 Å². The summed E-state index contributed by atoms with van der Waals surface area (Å²) < 4.78 is 21.9. The molecule has 0 aliphatic carbocycles. The molecule has 166 valence electrons.